The lowest BCUT2D eigenvalue weighted by molar-refractivity contribution is 0.306. The van der Waals surface area contributed by atoms with Gasteiger partial charge in [-0.05, 0) is 45.7 Å². The highest BCUT2D eigenvalue weighted by Crippen LogP contribution is 2.23. The number of hydrogen-bond donors (Lipinski definition) is 0. The zero-order valence-electron chi connectivity index (χ0n) is 13.4. The van der Waals surface area contributed by atoms with Gasteiger partial charge in [-0.15, -0.1) is 0 Å². The van der Waals surface area contributed by atoms with Crippen LogP contribution in [-0.2, 0) is 6.61 Å². The quantitative estimate of drug-likeness (QED) is 0.443. The van der Waals surface area contributed by atoms with E-state index in [9.17, 15) is 0 Å². The van der Waals surface area contributed by atoms with Gasteiger partial charge in [0.2, 0.25) is 0 Å². The summed E-state index contributed by atoms with van der Waals surface area (Å²) in [6.07, 6.45) is 0. The Morgan fingerprint density at radius 1 is 0.542 bits per heavy atom. The van der Waals surface area contributed by atoms with Crippen molar-refractivity contribution in [3.63, 3.8) is 0 Å². The van der Waals surface area contributed by atoms with Crippen molar-refractivity contribution in [1.82, 2.24) is 0 Å². The number of rotatable bonds is 4. The Hall–Kier alpha value is -3.06. The summed E-state index contributed by atoms with van der Waals surface area (Å²) < 4.78 is 5.93. The van der Waals surface area contributed by atoms with Crippen molar-refractivity contribution >= 4 is 10.8 Å². The third kappa shape index (κ3) is 3.16. The van der Waals surface area contributed by atoms with Crippen LogP contribution >= 0.6 is 0 Å². The van der Waals surface area contributed by atoms with Gasteiger partial charge in [-0.3, -0.25) is 0 Å². The van der Waals surface area contributed by atoms with E-state index in [4.69, 9.17) is 4.74 Å². The molecule has 4 aromatic rings. The summed E-state index contributed by atoms with van der Waals surface area (Å²) in [5, 5.41) is 2.51. The summed E-state index contributed by atoms with van der Waals surface area (Å²) >= 11 is 0. The van der Waals surface area contributed by atoms with E-state index in [0.717, 1.165) is 5.75 Å². The first kappa shape index (κ1) is 14.5. The minimum Gasteiger partial charge on any atom is -0.489 e. The topological polar surface area (TPSA) is 9.23 Å². The van der Waals surface area contributed by atoms with Crippen LogP contribution in [0.3, 0.4) is 0 Å². The Balaban J connectivity index is 1.47. The number of hydrogen-bond acceptors (Lipinski definition) is 1. The molecule has 24 heavy (non-hydrogen) atoms. The van der Waals surface area contributed by atoms with Crippen LogP contribution in [-0.4, -0.2) is 0 Å². The molecule has 0 aliphatic carbocycles. The van der Waals surface area contributed by atoms with E-state index in [0.29, 0.717) is 6.61 Å². The van der Waals surface area contributed by atoms with Crippen LogP contribution in [0, 0.1) is 0 Å². The minimum atomic E-state index is 0.579. The third-order valence-corrected chi connectivity index (χ3v) is 4.18. The van der Waals surface area contributed by atoms with Gasteiger partial charge in [0.05, 0.1) is 0 Å². The first-order chi connectivity index (χ1) is 11.9. The fourth-order valence-electron chi connectivity index (χ4n) is 2.87. The van der Waals surface area contributed by atoms with Crippen LogP contribution in [0.25, 0.3) is 21.9 Å². The predicted octanol–water partition coefficient (Wildman–Crippen LogP) is 6.09. The smallest absolute Gasteiger partial charge is 0.119 e. The van der Waals surface area contributed by atoms with Crippen LogP contribution in [0.5, 0.6) is 5.75 Å². The van der Waals surface area contributed by atoms with E-state index >= 15 is 0 Å². The van der Waals surface area contributed by atoms with Gasteiger partial charge < -0.3 is 4.74 Å². The molecule has 0 bridgehead atoms. The van der Waals surface area contributed by atoms with Crippen molar-refractivity contribution in [3.05, 3.63) is 103 Å². The van der Waals surface area contributed by atoms with Gasteiger partial charge in [-0.1, -0.05) is 78.9 Å². The van der Waals surface area contributed by atoms with Crippen molar-refractivity contribution in [2.75, 3.05) is 0 Å². The molecule has 0 spiro atoms. The van der Waals surface area contributed by atoms with Gasteiger partial charge in [0.1, 0.15) is 12.4 Å². The SMILES string of the molecule is c1ccc(-c2ccc(OCc3ccc4ccccc4c3)cc2)cc1. The van der Waals surface area contributed by atoms with Gasteiger partial charge in [-0.2, -0.15) is 0 Å². The van der Waals surface area contributed by atoms with Gasteiger partial charge >= 0.3 is 0 Å². The van der Waals surface area contributed by atoms with Crippen LogP contribution in [0.2, 0.25) is 0 Å². The van der Waals surface area contributed by atoms with E-state index in [-0.39, 0.29) is 0 Å². The molecular formula is C23H18O. The average molecular weight is 310 g/mol. The average Bonchev–Trinajstić information content (AvgIpc) is 2.67. The molecule has 0 N–H and O–H groups in total. The fourth-order valence-corrected chi connectivity index (χ4v) is 2.87. The molecule has 0 unspecified atom stereocenters. The molecule has 0 fully saturated rings. The maximum Gasteiger partial charge on any atom is 0.119 e. The minimum absolute atomic E-state index is 0.579. The standard InChI is InChI=1S/C23H18O/c1-2-6-19(7-3-1)21-12-14-23(15-13-21)24-17-18-10-11-20-8-4-5-9-22(20)16-18/h1-16H,17H2. The molecule has 0 aromatic heterocycles. The maximum atomic E-state index is 5.93. The normalized spacial score (nSPS) is 10.7. The number of benzene rings is 4. The maximum absolute atomic E-state index is 5.93. The lowest BCUT2D eigenvalue weighted by Gasteiger charge is -2.08. The summed E-state index contributed by atoms with van der Waals surface area (Å²) in [6.45, 7) is 0.579. The highest BCUT2D eigenvalue weighted by atomic mass is 16.5. The van der Waals surface area contributed by atoms with E-state index in [1.54, 1.807) is 0 Å². The third-order valence-electron chi connectivity index (χ3n) is 4.18. The molecule has 1 nitrogen and oxygen atoms in total. The van der Waals surface area contributed by atoms with Crippen LogP contribution < -0.4 is 4.74 Å². The summed E-state index contributed by atoms with van der Waals surface area (Å²) in [7, 11) is 0. The van der Waals surface area contributed by atoms with Crippen LogP contribution in [0.15, 0.2) is 97.1 Å². The molecule has 4 rings (SSSR count). The number of ether oxygens (including phenoxy) is 1. The summed E-state index contributed by atoms with van der Waals surface area (Å²) in [5.74, 6) is 0.892. The van der Waals surface area contributed by atoms with Gasteiger partial charge in [0.15, 0.2) is 0 Å². The highest BCUT2D eigenvalue weighted by Gasteiger charge is 2.00. The molecule has 0 radical (unpaired) electrons. The zero-order chi connectivity index (χ0) is 16.2. The Labute approximate surface area is 142 Å². The lowest BCUT2D eigenvalue weighted by Crippen LogP contribution is -1.95. The molecule has 0 saturated heterocycles. The molecule has 116 valence electrons. The Bertz CT molecular complexity index is 940. The molecule has 4 aromatic carbocycles. The predicted molar refractivity (Wildman–Crippen MR) is 100 cm³/mol. The second-order valence-electron chi connectivity index (χ2n) is 5.86. The van der Waals surface area contributed by atoms with E-state index in [2.05, 4.69) is 78.9 Å². The monoisotopic (exact) mass is 310 g/mol. The highest BCUT2D eigenvalue weighted by molar-refractivity contribution is 5.82. The summed E-state index contributed by atoms with van der Waals surface area (Å²) in [5.41, 5.74) is 3.60. The van der Waals surface area contributed by atoms with Crippen molar-refractivity contribution in [2.45, 2.75) is 6.61 Å². The first-order valence-corrected chi connectivity index (χ1v) is 8.14. The lowest BCUT2D eigenvalue weighted by atomic mass is 10.1. The van der Waals surface area contributed by atoms with Crippen molar-refractivity contribution < 1.29 is 4.74 Å². The van der Waals surface area contributed by atoms with Crippen molar-refractivity contribution in [3.8, 4) is 16.9 Å². The second kappa shape index (κ2) is 6.59. The fraction of sp³-hybridized carbons (Fsp3) is 0.0435. The molecule has 0 heterocycles. The van der Waals surface area contributed by atoms with Gasteiger partial charge in [-0.25, -0.2) is 0 Å². The molecule has 0 amide bonds. The van der Waals surface area contributed by atoms with Crippen molar-refractivity contribution in [1.29, 1.82) is 0 Å². The Kier molecular flexibility index (Phi) is 3.99. The van der Waals surface area contributed by atoms with E-state index in [1.165, 1.54) is 27.5 Å². The molecule has 0 aliphatic rings. The van der Waals surface area contributed by atoms with Gasteiger partial charge in [0.25, 0.3) is 0 Å². The van der Waals surface area contributed by atoms with Crippen LogP contribution in [0.4, 0.5) is 0 Å². The zero-order valence-corrected chi connectivity index (χ0v) is 13.4. The molecular weight excluding hydrogens is 292 g/mol. The van der Waals surface area contributed by atoms with E-state index < -0.39 is 0 Å². The van der Waals surface area contributed by atoms with Crippen molar-refractivity contribution in [2.24, 2.45) is 0 Å². The first-order valence-electron chi connectivity index (χ1n) is 8.14. The molecule has 0 aliphatic heterocycles. The largest absolute Gasteiger partial charge is 0.489 e. The Morgan fingerprint density at radius 2 is 1.21 bits per heavy atom. The summed E-state index contributed by atoms with van der Waals surface area (Å²) in [4.78, 5) is 0. The second-order valence-corrected chi connectivity index (χ2v) is 5.86. The summed E-state index contributed by atoms with van der Waals surface area (Å²) in [6, 6.07) is 33.5. The molecule has 0 saturated carbocycles. The van der Waals surface area contributed by atoms with Crippen LogP contribution in [0.1, 0.15) is 5.56 Å². The molecule has 0 atom stereocenters. The van der Waals surface area contributed by atoms with Gasteiger partial charge in [0, 0.05) is 0 Å². The van der Waals surface area contributed by atoms with E-state index in [1.807, 2.05) is 18.2 Å². The molecule has 1 heteroatoms. The Morgan fingerprint density at radius 3 is 2.00 bits per heavy atom. The number of fused-ring (bicyclic) bond motifs is 1.